The van der Waals surface area contributed by atoms with E-state index >= 15 is 0 Å². The van der Waals surface area contributed by atoms with E-state index in [4.69, 9.17) is 31.5 Å². The second-order valence-electron chi connectivity index (χ2n) is 11.4. The Morgan fingerprint density at radius 1 is 1.14 bits per heavy atom. The number of alkyl halides is 3. The highest BCUT2D eigenvalue weighted by atomic mass is 35.5. The van der Waals surface area contributed by atoms with Crippen LogP contribution in [0.25, 0.3) is 11.1 Å². The number of hydrogen-bond acceptors (Lipinski definition) is 8. The van der Waals surface area contributed by atoms with Crippen molar-refractivity contribution >= 4 is 63.6 Å². The van der Waals surface area contributed by atoms with Gasteiger partial charge in [-0.25, -0.2) is 0 Å². The van der Waals surface area contributed by atoms with E-state index in [9.17, 15) is 27.6 Å². The largest absolute Gasteiger partial charge is 0.416 e. The number of hydrogen-bond donors (Lipinski definition) is 1. The molecule has 51 heavy (non-hydrogen) atoms. The van der Waals surface area contributed by atoms with Gasteiger partial charge in [-0.1, -0.05) is 51.1 Å². The summed E-state index contributed by atoms with van der Waals surface area (Å²) >= 11 is 6.14. The zero-order chi connectivity index (χ0) is 37.2. The van der Waals surface area contributed by atoms with Crippen molar-refractivity contribution in [3.63, 3.8) is 0 Å². The van der Waals surface area contributed by atoms with Gasteiger partial charge >= 0.3 is 6.18 Å². The molecule has 0 saturated carbocycles. The van der Waals surface area contributed by atoms with Crippen LogP contribution in [0.2, 0.25) is 5.02 Å². The topological polar surface area (TPSA) is 125 Å². The average Bonchev–Trinajstić information content (AvgIpc) is 3.58. The lowest BCUT2D eigenvalue weighted by atomic mass is 9.94. The Morgan fingerprint density at radius 2 is 1.88 bits per heavy atom. The van der Waals surface area contributed by atoms with Crippen LogP contribution in [0, 0.1) is 0 Å². The summed E-state index contributed by atoms with van der Waals surface area (Å²) in [5, 5.41) is 13.0. The number of ether oxygens (including phenoxy) is 1. The Bertz CT molecular complexity index is 2000. The number of allylic oxidation sites excluding steroid dienone is 2. The molecule has 0 fully saturated rings. The fourth-order valence-corrected chi connectivity index (χ4v) is 5.95. The maximum Gasteiger partial charge on any atom is 0.416 e. The van der Waals surface area contributed by atoms with Crippen LogP contribution in [-0.2, 0) is 20.5 Å². The highest BCUT2D eigenvalue weighted by molar-refractivity contribution is 6.34. The van der Waals surface area contributed by atoms with Gasteiger partial charge in [0.2, 0.25) is 11.9 Å². The van der Waals surface area contributed by atoms with Gasteiger partial charge in [0.1, 0.15) is 6.54 Å². The van der Waals surface area contributed by atoms with Crippen LogP contribution in [0.5, 0.6) is 0 Å². The first-order valence-electron chi connectivity index (χ1n) is 16.2. The molecular weight excluding hydrogens is 689 g/mol. The van der Waals surface area contributed by atoms with Crippen LogP contribution in [0.15, 0.2) is 65.9 Å². The van der Waals surface area contributed by atoms with Gasteiger partial charge in [-0.15, -0.1) is 10.2 Å². The average molecular weight is 725 g/mol. The maximum absolute atomic E-state index is 13.6. The van der Waals surface area contributed by atoms with E-state index in [-0.39, 0.29) is 34.9 Å². The molecule has 6 rings (SSSR count). The van der Waals surface area contributed by atoms with Crippen LogP contribution in [0.3, 0.4) is 0 Å². The molecule has 0 spiro atoms. The number of carbonyl (C=O) groups excluding carboxylic acids is 3. The molecule has 16 heteroatoms. The fraction of sp³-hybridized carbons (Fsp3) is 0.314. The second-order valence-corrected chi connectivity index (χ2v) is 11.8. The van der Waals surface area contributed by atoms with Crippen LogP contribution < -0.4 is 15.2 Å². The summed E-state index contributed by atoms with van der Waals surface area (Å²) in [5.41, 5.74) is 2.18. The molecule has 0 aliphatic carbocycles. The number of anilines is 3. The first-order valence-corrected chi connectivity index (χ1v) is 16.5. The SMILES string of the molecule is C=CC(=O)N1N=C2C(=C(CC)N(CC(=O)Nc3ccc(C(F)(F)F)cc3Cl)c3nc(C4=CCOCC4)nn32)c2ccc(C(=O)N(C)C)cc21.CC. The maximum atomic E-state index is 13.6. The molecule has 0 radical (unpaired) electrons. The summed E-state index contributed by atoms with van der Waals surface area (Å²) in [6.45, 7) is 9.99. The third-order valence-electron chi connectivity index (χ3n) is 8.05. The summed E-state index contributed by atoms with van der Waals surface area (Å²) in [6.07, 6.45) is -0.745. The number of rotatable bonds is 7. The fourth-order valence-electron chi connectivity index (χ4n) is 5.72. The molecule has 0 bridgehead atoms. The van der Waals surface area contributed by atoms with E-state index in [0.717, 1.165) is 34.9 Å². The van der Waals surface area contributed by atoms with E-state index in [1.807, 2.05) is 26.8 Å². The standard InChI is InChI=1S/C33H30ClF3N8O4.C2H6/c1-5-24-28-21-9-7-19(31(48)42(3)4)15-25(21)44(27(47)6-2)41-30(28)45-32(39-29(40-45)18-11-13-49-14-12-18)43(24)17-26(46)38-23-10-8-20(16-22(23)34)33(35,36)37;1-2/h6-11,15-16H,2,5,12-14,17H2,1,3-4H3,(H,38,46);1-2H3. The zero-order valence-corrected chi connectivity index (χ0v) is 29.4. The van der Waals surface area contributed by atoms with E-state index in [1.54, 1.807) is 37.2 Å². The Balaban J connectivity index is 0.00000248. The molecule has 1 N–H and O–H groups in total. The van der Waals surface area contributed by atoms with E-state index in [1.165, 1.54) is 9.58 Å². The number of amides is 3. The van der Waals surface area contributed by atoms with Crippen molar-refractivity contribution in [1.29, 1.82) is 0 Å². The molecule has 3 aliphatic rings. The van der Waals surface area contributed by atoms with E-state index in [2.05, 4.69) is 11.9 Å². The normalized spacial score (nSPS) is 15.0. The number of fused-ring (bicyclic) bond motifs is 5. The predicted octanol–water partition coefficient (Wildman–Crippen LogP) is 6.46. The van der Waals surface area contributed by atoms with Crippen molar-refractivity contribution in [1.82, 2.24) is 19.7 Å². The molecule has 0 unspecified atom stereocenters. The molecule has 3 amide bonds. The van der Waals surface area contributed by atoms with Crippen molar-refractivity contribution in [3.8, 4) is 0 Å². The third kappa shape index (κ3) is 7.17. The van der Waals surface area contributed by atoms with Gasteiger partial charge in [-0.2, -0.15) is 27.8 Å². The first kappa shape index (κ1) is 37.0. The van der Waals surface area contributed by atoms with Crippen molar-refractivity contribution in [2.24, 2.45) is 5.10 Å². The molecular formula is C35H36ClF3N8O4. The lowest BCUT2D eigenvalue weighted by molar-refractivity contribution is -0.137. The van der Waals surface area contributed by atoms with Gasteiger partial charge in [0.25, 0.3) is 11.8 Å². The summed E-state index contributed by atoms with van der Waals surface area (Å²) in [6, 6.07) is 7.59. The van der Waals surface area contributed by atoms with Crippen LogP contribution in [-0.4, -0.2) is 77.1 Å². The third-order valence-corrected chi connectivity index (χ3v) is 8.37. The minimum absolute atomic E-state index is 0.00109. The van der Waals surface area contributed by atoms with Crippen molar-refractivity contribution in [3.05, 3.63) is 88.4 Å². The minimum Gasteiger partial charge on any atom is -0.377 e. The van der Waals surface area contributed by atoms with Crippen LogP contribution in [0.4, 0.5) is 30.5 Å². The number of nitrogens with zero attached hydrogens (tertiary/aromatic N) is 7. The quantitative estimate of drug-likeness (QED) is 0.278. The smallest absolute Gasteiger partial charge is 0.377 e. The number of benzene rings is 2. The van der Waals surface area contributed by atoms with Gasteiger partial charge in [0.05, 0.1) is 40.7 Å². The van der Waals surface area contributed by atoms with E-state index < -0.39 is 23.6 Å². The second kappa shape index (κ2) is 14.9. The molecule has 3 aromatic rings. The minimum atomic E-state index is -4.61. The number of carbonyl (C=O) groups is 3. The van der Waals surface area contributed by atoms with Crippen LogP contribution in [0.1, 0.15) is 60.9 Å². The predicted molar refractivity (Wildman–Crippen MR) is 189 cm³/mol. The van der Waals surface area contributed by atoms with Gasteiger partial charge in [-0.05, 0) is 54.8 Å². The lowest BCUT2D eigenvalue weighted by Gasteiger charge is -2.36. The molecule has 12 nitrogen and oxygen atoms in total. The van der Waals surface area contributed by atoms with Crippen LogP contribution >= 0.6 is 11.6 Å². The Hall–Kier alpha value is -5.28. The van der Waals surface area contributed by atoms with Gasteiger partial charge in [0.15, 0.2) is 11.7 Å². The lowest BCUT2D eigenvalue weighted by Crippen LogP contribution is -2.43. The van der Waals surface area contributed by atoms with Crippen molar-refractivity contribution < 1.29 is 32.3 Å². The first-order chi connectivity index (χ1) is 24.3. The van der Waals surface area contributed by atoms with Crippen molar-refractivity contribution in [2.75, 3.05) is 49.1 Å². The molecule has 0 saturated heterocycles. The highest BCUT2D eigenvalue weighted by Gasteiger charge is 2.40. The molecule has 0 atom stereocenters. The Kier molecular flexibility index (Phi) is 10.8. The molecule has 1 aromatic heterocycles. The van der Waals surface area contributed by atoms with E-state index in [0.29, 0.717) is 60.0 Å². The summed E-state index contributed by atoms with van der Waals surface area (Å²) in [5.74, 6) is -0.580. The molecule has 4 heterocycles. The highest BCUT2D eigenvalue weighted by Crippen LogP contribution is 2.43. The zero-order valence-electron chi connectivity index (χ0n) is 28.6. The molecule has 3 aliphatic heterocycles. The van der Waals surface area contributed by atoms with Gasteiger partial charge in [0, 0.05) is 30.9 Å². The summed E-state index contributed by atoms with van der Waals surface area (Å²) in [7, 11) is 3.23. The summed E-state index contributed by atoms with van der Waals surface area (Å²) in [4.78, 5) is 47.6. The summed E-state index contributed by atoms with van der Waals surface area (Å²) < 4.78 is 46.6. The van der Waals surface area contributed by atoms with Gasteiger partial charge < -0.3 is 19.9 Å². The van der Waals surface area contributed by atoms with Gasteiger partial charge in [-0.3, -0.25) is 14.4 Å². The molecule has 2 aromatic carbocycles. The molecule has 268 valence electrons. The number of halogens is 4. The Morgan fingerprint density at radius 3 is 2.49 bits per heavy atom. The van der Waals surface area contributed by atoms with Crippen molar-refractivity contribution in [2.45, 2.75) is 39.8 Å². The number of hydrazone groups is 1. The number of aromatic nitrogens is 3. The number of nitrogens with one attached hydrogen (secondary N) is 1. The Labute approximate surface area is 297 Å². The monoisotopic (exact) mass is 724 g/mol.